The average molecular weight is 244 g/mol. The maximum atomic E-state index is 13.4. The van der Waals surface area contributed by atoms with Gasteiger partial charge in [-0.3, -0.25) is 10.2 Å². The summed E-state index contributed by atoms with van der Waals surface area (Å²) in [6, 6.07) is -0.0273. The molecule has 0 aromatic heterocycles. The highest BCUT2D eigenvalue weighted by Gasteiger charge is 2.61. The molecule has 1 saturated carbocycles. The van der Waals surface area contributed by atoms with E-state index in [2.05, 4.69) is 5.32 Å². The number of nitrogens with one attached hydrogen (secondary N) is 1. The van der Waals surface area contributed by atoms with Crippen LogP contribution in [0.1, 0.15) is 38.5 Å². The van der Waals surface area contributed by atoms with Gasteiger partial charge in [0.05, 0.1) is 6.04 Å². The van der Waals surface area contributed by atoms with Crippen LogP contribution in [0.25, 0.3) is 0 Å². The molecular formula is C12H18F2N2O. The largest absolute Gasteiger partial charge is 0.302 e. The average Bonchev–Trinajstić information content (AvgIpc) is 2.83. The van der Waals surface area contributed by atoms with Crippen LogP contribution in [0.3, 0.4) is 0 Å². The van der Waals surface area contributed by atoms with E-state index in [0.29, 0.717) is 12.8 Å². The zero-order valence-corrected chi connectivity index (χ0v) is 9.74. The minimum absolute atomic E-state index is 0.135. The lowest BCUT2D eigenvalue weighted by Crippen LogP contribution is -2.56. The van der Waals surface area contributed by atoms with Crippen molar-refractivity contribution in [2.45, 2.75) is 68.7 Å². The molecule has 0 radical (unpaired) electrons. The first-order chi connectivity index (χ1) is 8.19. The van der Waals surface area contributed by atoms with Crippen LogP contribution in [-0.4, -0.2) is 41.4 Å². The van der Waals surface area contributed by atoms with Gasteiger partial charge in [-0.1, -0.05) is 12.8 Å². The maximum absolute atomic E-state index is 13.4. The highest BCUT2D eigenvalue weighted by atomic mass is 19.3. The van der Waals surface area contributed by atoms with Gasteiger partial charge in [-0.25, -0.2) is 8.78 Å². The Kier molecular flexibility index (Phi) is 2.70. The van der Waals surface area contributed by atoms with Gasteiger partial charge >= 0.3 is 0 Å². The van der Waals surface area contributed by atoms with E-state index < -0.39 is 12.1 Å². The summed E-state index contributed by atoms with van der Waals surface area (Å²) in [4.78, 5) is 12.9. The number of alkyl halides is 2. The molecule has 5 heteroatoms. The second-order valence-corrected chi connectivity index (χ2v) is 5.48. The van der Waals surface area contributed by atoms with Gasteiger partial charge in [0, 0.05) is 12.1 Å². The molecule has 1 aliphatic carbocycles. The van der Waals surface area contributed by atoms with Crippen molar-refractivity contribution in [1.29, 1.82) is 0 Å². The SMILES string of the molecule is O=CC1CCC2(C(F)F)N[C@@H]3CCCC[C@H]3N12. The van der Waals surface area contributed by atoms with Crippen molar-refractivity contribution in [2.24, 2.45) is 0 Å². The molecule has 4 atom stereocenters. The van der Waals surface area contributed by atoms with Crippen molar-refractivity contribution < 1.29 is 13.6 Å². The van der Waals surface area contributed by atoms with Gasteiger partial charge in [0.1, 0.15) is 11.9 Å². The molecule has 96 valence electrons. The molecule has 0 aromatic rings. The predicted octanol–water partition coefficient (Wildman–Crippen LogP) is 1.53. The van der Waals surface area contributed by atoms with E-state index in [1.54, 1.807) is 4.90 Å². The molecule has 0 aromatic carbocycles. The minimum atomic E-state index is -2.42. The molecule has 0 spiro atoms. The molecule has 3 rings (SSSR count). The van der Waals surface area contributed by atoms with Crippen LogP contribution in [0.15, 0.2) is 0 Å². The molecular weight excluding hydrogens is 226 g/mol. The quantitative estimate of drug-likeness (QED) is 0.748. The number of hydrogen-bond donors (Lipinski definition) is 1. The topological polar surface area (TPSA) is 32.3 Å². The van der Waals surface area contributed by atoms with Crippen LogP contribution >= 0.6 is 0 Å². The molecule has 0 amide bonds. The first kappa shape index (κ1) is 11.5. The smallest absolute Gasteiger partial charge is 0.269 e. The summed E-state index contributed by atoms with van der Waals surface area (Å²) < 4.78 is 26.8. The van der Waals surface area contributed by atoms with Crippen LogP contribution in [0.2, 0.25) is 0 Å². The number of halogens is 2. The number of fused-ring (bicyclic) bond motifs is 3. The predicted molar refractivity (Wildman–Crippen MR) is 58.8 cm³/mol. The molecule has 3 aliphatic rings. The van der Waals surface area contributed by atoms with Crippen LogP contribution < -0.4 is 5.32 Å². The summed E-state index contributed by atoms with van der Waals surface area (Å²) in [5.74, 6) is 0. The molecule has 1 N–H and O–H groups in total. The van der Waals surface area contributed by atoms with E-state index in [0.717, 1.165) is 32.0 Å². The molecule has 0 bridgehead atoms. The molecule has 2 saturated heterocycles. The fourth-order valence-corrected chi connectivity index (χ4v) is 3.97. The van der Waals surface area contributed by atoms with Gasteiger partial charge in [0.15, 0.2) is 0 Å². The van der Waals surface area contributed by atoms with E-state index in [1.165, 1.54) is 0 Å². The Morgan fingerprint density at radius 3 is 2.76 bits per heavy atom. The highest BCUT2D eigenvalue weighted by Crippen LogP contribution is 2.46. The fraction of sp³-hybridized carbons (Fsp3) is 0.917. The van der Waals surface area contributed by atoms with Gasteiger partial charge < -0.3 is 4.79 Å². The van der Waals surface area contributed by atoms with Crippen LogP contribution in [0.4, 0.5) is 8.78 Å². The van der Waals surface area contributed by atoms with E-state index in [9.17, 15) is 13.6 Å². The normalized spacial score (nSPS) is 45.9. The number of hydrogen-bond acceptors (Lipinski definition) is 3. The summed E-state index contributed by atoms with van der Waals surface area (Å²) in [7, 11) is 0. The molecule has 2 aliphatic heterocycles. The summed E-state index contributed by atoms with van der Waals surface area (Å²) in [6.07, 6.45) is 3.47. The van der Waals surface area contributed by atoms with Crippen molar-refractivity contribution in [1.82, 2.24) is 10.2 Å². The standard InChI is InChI=1S/C12H18F2N2O/c13-11(14)12-6-5-8(7-17)16(12)10-4-2-1-3-9(10)15-12/h7-11,15H,1-6H2/t8?,9-,10-,12?/m1/s1. The zero-order valence-electron chi connectivity index (χ0n) is 9.74. The number of nitrogens with zero attached hydrogens (tertiary/aromatic N) is 1. The number of carbonyl (C=O) groups excluding carboxylic acids is 1. The third kappa shape index (κ3) is 1.48. The second-order valence-electron chi connectivity index (χ2n) is 5.48. The Morgan fingerprint density at radius 1 is 1.29 bits per heavy atom. The molecule has 17 heavy (non-hydrogen) atoms. The first-order valence-corrected chi connectivity index (χ1v) is 6.48. The summed E-state index contributed by atoms with van der Waals surface area (Å²) >= 11 is 0. The van der Waals surface area contributed by atoms with Crippen molar-refractivity contribution in [3.63, 3.8) is 0 Å². The Morgan fingerprint density at radius 2 is 2.06 bits per heavy atom. The van der Waals surface area contributed by atoms with Crippen molar-refractivity contribution in [3.05, 3.63) is 0 Å². The van der Waals surface area contributed by atoms with Crippen LogP contribution in [-0.2, 0) is 4.79 Å². The van der Waals surface area contributed by atoms with Crippen molar-refractivity contribution >= 4 is 6.29 Å². The Balaban J connectivity index is 1.94. The lowest BCUT2D eigenvalue weighted by molar-refractivity contribution is -0.115. The second kappa shape index (κ2) is 3.99. The van der Waals surface area contributed by atoms with Gasteiger partial charge in [-0.05, 0) is 25.7 Å². The summed E-state index contributed by atoms with van der Waals surface area (Å²) in [6.45, 7) is 0. The molecule has 2 heterocycles. The number of rotatable bonds is 2. The number of carbonyl (C=O) groups is 1. The minimum Gasteiger partial charge on any atom is -0.302 e. The van der Waals surface area contributed by atoms with Gasteiger partial charge in [-0.15, -0.1) is 0 Å². The highest BCUT2D eigenvalue weighted by molar-refractivity contribution is 5.59. The molecule has 2 unspecified atom stereocenters. The van der Waals surface area contributed by atoms with Gasteiger partial charge in [-0.2, -0.15) is 0 Å². The third-order valence-electron chi connectivity index (χ3n) is 4.68. The van der Waals surface area contributed by atoms with E-state index in [1.807, 2.05) is 0 Å². The Bertz CT molecular complexity index is 326. The van der Waals surface area contributed by atoms with Crippen LogP contribution in [0.5, 0.6) is 0 Å². The monoisotopic (exact) mass is 244 g/mol. The summed E-state index contributed by atoms with van der Waals surface area (Å²) in [5.41, 5.74) is -1.22. The van der Waals surface area contributed by atoms with Crippen molar-refractivity contribution in [2.75, 3.05) is 0 Å². The third-order valence-corrected chi connectivity index (χ3v) is 4.68. The fourth-order valence-electron chi connectivity index (χ4n) is 3.97. The zero-order chi connectivity index (χ0) is 12.0. The number of aldehydes is 1. The van der Waals surface area contributed by atoms with Crippen LogP contribution in [0, 0.1) is 0 Å². The summed E-state index contributed by atoms with van der Waals surface area (Å²) in [5, 5.41) is 3.15. The Labute approximate surface area is 99.5 Å². The van der Waals surface area contributed by atoms with E-state index in [4.69, 9.17) is 0 Å². The van der Waals surface area contributed by atoms with Gasteiger partial charge in [0.25, 0.3) is 6.43 Å². The lowest BCUT2D eigenvalue weighted by Gasteiger charge is -2.36. The van der Waals surface area contributed by atoms with E-state index >= 15 is 0 Å². The Hall–Kier alpha value is -0.550. The molecule has 3 nitrogen and oxygen atoms in total. The molecule has 3 fully saturated rings. The van der Waals surface area contributed by atoms with E-state index in [-0.39, 0.29) is 18.1 Å². The van der Waals surface area contributed by atoms with Crippen molar-refractivity contribution in [3.8, 4) is 0 Å². The van der Waals surface area contributed by atoms with Gasteiger partial charge in [0.2, 0.25) is 0 Å². The maximum Gasteiger partial charge on any atom is 0.269 e. The lowest BCUT2D eigenvalue weighted by atomic mass is 9.90. The first-order valence-electron chi connectivity index (χ1n) is 6.48.